The molecule has 0 amide bonds. The molecular formula is C11H18N4O. The lowest BCUT2D eigenvalue weighted by Gasteiger charge is -2.40. The van der Waals surface area contributed by atoms with E-state index in [0.29, 0.717) is 0 Å². The number of ether oxygens (including phenoxy) is 1. The van der Waals surface area contributed by atoms with E-state index in [1.54, 1.807) is 0 Å². The molecule has 0 aromatic carbocycles. The van der Waals surface area contributed by atoms with E-state index >= 15 is 0 Å². The Morgan fingerprint density at radius 2 is 2.31 bits per heavy atom. The van der Waals surface area contributed by atoms with E-state index in [9.17, 15) is 0 Å². The molecule has 1 fully saturated rings. The smallest absolute Gasteiger partial charge is 0.147 e. The van der Waals surface area contributed by atoms with Crippen LogP contribution in [0.2, 0.25) is 0 Å². The summed E-state index contributed by atoms with van der Waals surface area (Å²) in [5.41, 5.74) is 0.0503. The van der Waals surface area contributed by atoms with Gasteiger partial charge in [-0.15, -0.1) is 10.2 Å². The third-order valence-electron chi connectivity index (χ3n) is 3.88. The Hall–Kier alpha value is -0.940. The number of hydrogen-bond acceptors (Lipinski definition) is 4. The SMILES string of the molecule is COC1(Cc2nnc3n2CCNC3)CCC1. The monoisotopic (exact) mass is 222 g/mol. The molecule has 1 aromatic rings. The average molecular weight is 222 g/mol. The molecule has 1 aliphatic heterocycles. The minimum Gasteiger partial charge on any atom is -0.378 e. The van der Waals surface area contributed by atoms with Crippen LogP contribution in [-0.2, 0) is 24.2 Å². The Morgan fingerprint density at radius 1 is 1.44 bits per heavy atom. The van der Waals surface area contributed by atoms with Crippen LogP contribution in [0.1, 0.15) is 30.9 Å². The maximum atomic E-state index is 5.64. The van der Waals surface area contributed by atoms with Crippen molar-refractivity contribution in [2.45, 2.75) is 44.4 Å². The number of fused-ring (bicyclic) bond motifs is 1. The number of nitrogens with zero attached hydrogens (tertiary/aromatic N) is 3. The predicted octanol–water partition coefficient (Wildman–Crippen LogP) is 0.493. The quantitative estimate of drug-likeness (QED) is 0.809. The van der Waals surface area contributed by atoms with Gasteiger partial charge in [-0.3, -0.25) is 0 Å². The molecule has 0 unspecified atom stereocenters. The number of rotatable bonds is 3. The molecule has 2 heterocycles. The maximum Gasteiger partial charge on any atom is 0.147 e. The molecular weight excluding hydrogens is 204 g/mol. The summed E-state index contributed by atoms with van der Waals surface area (Å²) in [6.07, 6.45) is 4.50. The Balaban J connectivity index is 1.81. The van der Waals surface area contributed by atoms with Gasteiger partial charge in [-0.05, 0) is 19.3 Å². The molecule has 2 aliphatic rings. The molecule has 0 saturated heterocycles. The summed E-state index contributed by atoms with van der Waals surface area (Å²) in [6.45, 7) is 2.84. The van der Waals surface area contributed by atoms with Crippen LogP contribution in [0.25, 0.3) is 0 Å². The maximum absolute atomic E-state index is 5.64. The summed E-state index contributed by atoms with van der Waals surface area (Å²) in [6, 6.07) is 0. The summed E-state index contributed by atoms with van der Waals surface area (Å²) in [5, 5.41) is 11.8. The highest BCUT2D eigenvalue weighted by molar-refractivity contribution is 5.05. The fraction of sp³-hybridized carbons (Fsp3) is 0.818. The fourth-order valence-corrected chi connectivity index (χ4v) is 2.60. The minimum absolute atomic E-state index is 0.0503. The number of nitrogens with one attached hydrogen (secondary N) is 1. The zero-order valence-corrected chi connectivity index (χ0v) is 9.70. The highest BCUT2D eigenvalue weighted by Gasteiger charge is 2.38. The van der Waals surface area contributed by atoms with Crippen LogP contribution in [0.5, 0.6) is 0 Å². The zero-order chi connectivity index (χ0) is 11.0. The first kappa shape index (κ1) is 10.2. The van der Waals surface area contributed by atoms with Gasteiger partial charge in [-0.1, -0.05) is 0 Å². The summed E-state index contributed by atoms with van der Waals surface area (Å²) < 4.78 is 7.89. The Kier molecular flexibility index (Phi) is 2.44. The van der Waals surface area contributed by atoms with Crippen LogP contribution in [0, 0.1) is 0 Å². The van der Waals surface area contributed by atoms with Gasteiger partial charge >= 0.3 is 0 Å². The molecule has 5 nitrogen and oxygen atoms in total. The normalized spacial score (nSPS) is 22.6. The van der Waals surface area contributed by atoms with Crippen LogP contribution in [-0.4, -0.2) is 34.0 Å². The van der Waals surface area contributed by atoms with Crippen molar-refractivity contribution < 1.29 is 4.74 Å². The molecule has 3 rings (SSSR count). The first-order valence-electron chi connectivity index (χ1n) is 6.00. The van der Waals surface area contributed by atoms with E-state index < -0.39 is 0 Å². The lowest BCUT2D eigenvalue weighted by atomic mass is 9.77. The van der Waals surface area contributed by atoms with Crippen LogP contribution in [0.4, 0.5) is 0 Å². The van der Waals surface area contributed by atoms with Crippen molar-refractivity contribution in [2.75, 3.05) is 13.7 Å². The Morgan fingerprint density at radius 3 is 3.00 bits per heavy atom. The van der Waals surface area contributed by atoms with Crippen molar-refractivity contribution >= 4 is 0 Å². The van der Waals surface area contributed by atoms with Crippen molar-refractivity contribution in [3.8, 4) is 0 Å². The summed E-state index contributed by atoms with van der Waals surface area (Å²) in [7, 11) is 1.81. The summed E-state index contributed by atoms with van der Waals surface area (Å²) >= 11 is 0. The van der Waals surface area contributed by atoms with Gasteiger partial charge in [-0.2, -0.15) is 0 Å². The average Bonchev–Trinajstić information content (AvgIpc) is 2.67. The van der Waals surface area contributed by atoms with Crippen molar-refractivity contribution in [3.05, 3.63) is 11.6 Å². The van der Waals surface area contributed by atoms with Crippen molar-refractivity contribution in [3.63, 3.8) is 0 Å². The number of hydrogen-bond donors (Lipinski definition) is 1. The highest BCUT2D eigenvalue weighted by Crippen LogP contribution is 2.37. The van der Waals surface area contributed by atoms with Crippen molar-refractivity contribution in [2.24, 2.45) is 0 Å². The predicted molar refractivity (Wildman–Crippen MR) is 59.0 cm³/mol. The molecule has 88 valence electrons. The summed E-state index contributed by atoms with van der Waals surface area (Å²) in [4.78, 5) is 0. The summed E-state index contributed by atoms with van der Waals surface area (Å²) in [5.74, 6) is 2.16. The topological polar surface area (TPSA) is 52.0 Å². The third-order valence-corrected chi connectivity index (χ3v) is 3.88. The second-order valence-electron chi connectivity index (χ2n) is 4.78. The largest absolute Gasteiger partial charge is 0.378 e. The second-order valence-corrected chi connectivity index (χ2v) is 4.78. The van der Waals surface area contributed by atoms with Gasteiger partial charge in [0.1, 0.15) is 11.6 Å². The molecule has 1 saturated carbocycles. The van der Waals surface area contributed by atoms with Crippen molar-refractivity contribution in [1.29, 1.82) is 0 Å². The van der Waals surface area contributed by atoms with Crippen molar-refractivity contribution in [1.82, 2.24) is 20.1 Å². The van der Waals surface area contributed by atoms with Gasteiger partial charge < -0.3 is 14.6 Å². The lowest BCUT2D eigenvalue weighted by molar-refractivity contribution is -0.0726. The zero-order valence-electron chi connectivity index (χ0n) is 9.70. The second kappa shape index (κ2) is 3.82. The van der Waals surface area contributed by atoms with Crippen LogP contribution >= 0.6 is 0 Å². The van der Waals surface area contributed by atoms with E-state index in [-0.39, 0.29) is 5.60 Å². The van der Waals surface area contributed by atoms with Gasteiger partial charge in [0.05, 0.1) is 12.1 Å². The molecule has 0 spiro atoms. The van der Waals surface area contributed by atoms with Gasteiger partial charge in [0.25, 0.3) is 0 Å². The third kappa shape index (κ3) is 1.55. The molecule has 5 heteroatoms. The molecule has 1 aromatic heterocycles. The molecule has 0 atom stereocenters. The molecule has 1 N–H and O–H groups in total. The van der Waals surface area contributed by atoms with Gasteiger partial charge in [-0.25, -0.2) is 0 Å². The van der Waals surface area contributed by atoms with Gasteiger partial charge in [0, 0.05) is 26.6 Å². The Bertz CT molecular complexity index is 378. The van der Waals surface area contributed by atoms with E-state index in [1.807, 2.05) is 7.11 Å². The highest BCUT2D eigenvalue weighted by atomic mass is 16.5. The van der Waals surface area contributed by atoms with E-state index in [2.05, 4.69) is 20.1 Å². The standard InChI is InChI=1S/C11H18N4O/c1-16-11(3-2-4-11)7-9-13-14-10-8-12-5-6-15(9)10/h12H,2-8H2,1H3. The Labute approximate surface area is 95.2 Å². The number of aromatic nitrogens is 3. The van der Waals surface area contributed by atoms with Gasteiger partial charge in [0.15, 0.2) is 0 Å². The van der Waals surface area contributed by atoms with Crippen LogP contribution in [0.15, 0.2) is 0 Å². The molecule has 0 bridgehead atoms. The molecule has 1 aliphatic carbocycles. The molecule has 16 heavy (non-hydrogen) atoms. The fourth-order valence-electron chi connectivity index (χ4n) is 2.60. The first-order valence-corrected chi connectivity index (χ1v) is 6.00. The van der Waals surface area contributed by atoms with E-state index in [4.69, 9.17) is 4.74 Å². The van der Waals surface area contributed by atoms with E-state index in [0.717, 1.165) is 50.5 Å². The number of methoxy groups -OCH3 is 1. The lowest BCUT2D eigenvalue weighted by Crippen LogP contribution is -2.42. The minimum atomic E-state index is 0.0503. The first-order chi connectivity index (χ1) is 7.83. The van der Waals surface area contributed by atoms with Crippen LogP contribution in [0.3, 0.4) is 0 Å². The van der Waals surface area contributed by atoms with Crippen LogP contribution < -0.4 is 5.32 Å². The van der Waals surface area contributed by atoms with E-state index in [1.165, 1.54) is 6.42 Å². The van der Waals surface area contributed by atoms with Gasteiger partial charge in [0.2, 0.25) is 0 Å². The molecule has 0 radical (unpaired) electrons.